The van der Waals surface area contributed by atoms with Gasteiger partial charge in [-0.2, -0.15) is 0 Å². The van der Waals surface area contributed by atoms with Crippen molar-refractivity contribution in [1.29, 1.82) is 0 Å². The second-order valence-corrected chi connectivity index (χ2v) is 5.01. The Bertz CT molecular complexity index is 452. The molecule has 0 aromatic heterocycles. The quantitative estimate of drug-likeness (QED) is 0.868. The highest BCUT2D eigenvalue weighted by Gasteiger charge is 2.23. The third-order valence-corrected chi connectivity index (χ3v) is 3.88. The van der Waals surface area contributed by atoms with Gasteiger partial charge in [-0.15, -0.1) is 0 Å². The van der Waals surface area contributed by atoms with Crippen molar-refractivity contribution in [2.45, 2.75) is 46.0 Å². The monoisotopic (exact) mass is 292 g/mol. The number of hydrogen-bond donors (Lipinski definition) is 1. The summed E-state index contributed by atoms with van der Waals surface area (Å²) in [6.07, 6.45) is 2.62. The van der Waals surface area contributed by atoms with Crippen LogP contribution in [0.5, 0.6) is 5.75 Å². The van der Waals surface area contributed by atoms with E-state index in [1.54, 1.807) is 7.11 Å². The van der Waals surface area contributed by atoms with Gasteiger partial charge >= 0.3 is 0 Å². The molecule has 0 radical (unpaired) electrons. The number of ether oxygens (including phenoxy) is 1. The van der Waals surface area contributed by atoms with E-state index in [0.29, 0.717) is 18.0 Å². The molecule has 118 valence electrons. The molecule has 1 aromatic carbocycles. The third kappa shape index (κ3) is 4.38. The molecule has 0 aliphatic carbocycles. The van der Waals surface area contributed by atoms with Crippen LogP contribution in [-0.2, 0) is 4.79 Å². The smallest absolute Gasteiger partial charge is 0.222 e. The topological polar surface area (TPSA) is 55.6 Å². The van der Waals surface area contributed by atoms with Crippen LogP contribution < -0.4 is 10.5 Å². The van der Waals surface area contributed by atoms with Crippen LogP contribution in [0.1, 0.15) is 51.5 Å². The van der Waals surface area contributed by atoms with Crippen molar-refractivity contribution >= 4 is 11.6 Å². The van der Waals surface area contributed by atoms with Crippen molar-refractivity contribution in [3.05, 3.63) is 23.8 Å². The van der Waals surface area contributed by atoms with Gasteiger partial charge in [-0.05, 0) is 36.5 Å². The first-order valence-electron chi connectivity index (χ1n) is 7.87. The maximum absolute atomic E-state index is 11.6. The van der Waals surface area contributed by atoms with Gasteiger partial charge in [0.1, 0.15) is 5.75 Å². The third-order valence-electron chi connectivity index (χ3n) is 3.88. The SMILES string of the molecule is CC.CCC(=O)N1CCC(c2ccc(N)c(OC)c2)CC1. The zero-order valence-corrected chi connectivity index (χ0v) is 13.7. The average Bonchev–Trinajstić information content (AvgIpc) is 2.56. The molecule has 2 rings (SSSR count). The number of nitrogen functional groups attached to an aromatic ring is 1. The Kier molecular flexibility index (Phi) is 7.06. The molecular weight excluding hydrogens is 264 g/mol. The van der Waals surface area contributed by atoms with Gasteiger partial charge in [0.2, 0.25) is 5.91 Å². The van der Waals surface area contributed by atoms with E-state index in [-0.39, 0.29) is 5.91 Å². The standard InChI is InChI=1S/C15H22N2O2.C2H6/c1-3-15(18)17-8-6-11(7-9-17)12-4-5-13(16)14(10-12)19-2;1-2/h4-5,10-11H,3,6-9,16H2,1-2H3;1-2H3. The zero-order valence-electron chi connectivity index (χ0n) is 13.7. The Balaban J connectivity index is 0.00000106. The van der Waals surface area contributed by atoms with Crippen molar-refractivity contribution in [2.75, 3.05) is 25.9 Å². The van der Waals surface area contributed by atoms with Gasteiger partial charge in [-0.1, -0.05) is 26.8 Å². The zero-order chi connectivity index (χ0) is 15.8. The van der Waals surface area contributed by atoms with Crippen LogP contribution in [0.4, 0.5) is 5.69 Å². The van der Waals surface area contributed by atoms with Gasteiger partial charge in [0.15, 0.2) is 0 Å². The predicted octanol–water partition coefficient (Wildman–Crippen LogP) is 3.42. The van der Waals surface area contributed by atoms with E-state index in [4.69, 9.17) is 10.5 Å². The van der Waals surface area contributed by atoms with Crippen LogP contribution in [0.15, 0.2) is 18.2 Å². The fourth-order valence-electron chi connectivity index (χ4n) is 2.67. The molecule has 1 heterocycles. The Morgan fingerprint density at radius 3 is 2.48 bits per heavy atom. The summed E-state index contributed by atoms with van der Waals surface area (Å²) in [6.45, 7) is 7.62. The molecule has 1 aliphatic rings. The predicted molar refractivity (Wildman–Crippen MR) is 87.6 cm³/mol. The second-order valence-electron chi connectivity index (χ2n) is 5.01. The largest absolute Gasteiger partial charge is 0.495 e. The molecule has 1 aliphatic heterocycles. The Morgan fingerprint density at radius 2 is 1.95 bits per heavy atom. The number of nitrogens with zero attached hydrogens (tertiary/aromatic N) is 1. The Labute approximate surface area is 128 Å². The number of likely N-dealkylation sites (tertiary alicyclic amines) is 1. The number of anilines is 1. The Morgan fingerprint density at radius 1 is 1.33 bits per heavy atom. The van der Waals surface area contributed by atoms with E-state index in [0.717, 1.165) is 31.7 Å². The molecule has 0 unspecified atom stereocenters. The summed E-state index contributed by atoms with van der Waals surface area (Å²) in [4.78, 5) is 13.6. The first kappa shape index (κ1) is 17.3. The molecule has 4 heteroatoms. The summed E-state index contributed by atoms with van der Waals surface area (Å²) in [5.41, 5.74) is 7.76. The van der Waals surface area contributed by atoms with Gasteiger partial charge in [-0.25, -0.2) is 0 Å². The lowest BCUT2D eigenvalue weighted by Crippen LogP contribution is -2.37. The van der Waals surface area contributed by atoms with E-state index in [9.17, 15) is 4.79 Å². The molecule has 1 aromatic rings. The number of carbonyl (C=O) groups is 1. The summed E-state index contributed by atoms with van der Waals surface area (Å²) in [5.74, 6) is 1.49. The van der Waals surface area contributed by atoms with Crippen LogP contribution in [0.25, 0.3) is 0 Å². The molecular formula is C17H28N2O2. The molecule has 0 spiro atoms. The molecule has 0 saturated carbocycles. The van der Waals surface area contributed by atoms with Crippen LogP contribution in [0.2, 0.25) is 0 Å². The summed E-state index contributed by atoms with van der Waals surface area (Å²) in [6, 6.07) is 5.99. The minimum atomic E-state index is 0.258. The van der Waals surface area contributed by atoms with E-state index < -0.39 is 0 Å². The molecule has 1 fully saturated rings. The number of benzene rings is 1. The van der Waals surface area contributed by atoms with Crippen molar-refractivity contribution in [2.24, 2.45) is 0 Å². The van der Waals surface area contributed by atoms with Gasteiger partial charge in [0.05, 0.1) is 12.8 Å². The summed E-state index contributed by atoms with van der Waals surface area (Å²) in [7, 11) is 1.64. The molecule has 1 amide bonds. The van der Waals surface area contributed by atoms with Crippen molar-refractivity contribution in [3.8, 4) is 5.75 Å². The normalized spacial score (nSPS) is 15.1. The minimum Gasteiger partial charge on any atom is -0.495 e. The first-order valence-corrected chi connectivity index (χ1v) is 7.87. The lowest BCUT2D eigenvalue weighted by Gasteiger charge is -2.32. The number of piperidine rings is 1. The lowest BCUT2D eigenvalue weighted by atomic mass is 9.89. The molecule has 4 nitrogen and oxygen atoms in total. The molecule has 21 heavy (non-hydrogen) atoms. The Hall–Kier alpha value is -1.71. The number of rotatable bonds is 3. The fourth-order valence-corrected chi connectivity index (χ4v) is 2.67. The van der Waals surface area contributed by atoms with Crippen molar-refractivity contribution < 1.29 is 9.53 Å². The number of amides is 1. The molecule has 1 saturated heterocycles. The maximum Gasteiger partial charge on any atom is 0.222 e. The van der Waals surface area contributed by atoms with E-state index in [2.05, 4.69) is 6.07 Å². The number of nitrogens with two attached hydrogens (primary N) is 1. The lowest BCUT2D eigenvalue weighted by molar-refractivity contribution is -0.131. The highest BCUT2D eigenvalue weighted by Crippen LogP contribution is 2.32. The van der Waals surface area contributed by atoms with Gasteiger partial charge in [0.25, 0.3) is 0 Å². The highest BCUT2D eigenvalue weighted by molar-refractivity contribution is 5.75. The van der Waals surface area contributed by atoms with E-state index in [1.807, 2.05) is 37.8 Å². The first-order chi connectivity index (χ1) is 10.2. The average molecular weight is 292 g/mol. The highest BCUT2D eigenvalue weighted by atomic mass is 16.5. The van der Waals surface area contributed by atoms with Crippen molar-refractivity contribution in [3.63, 3.8) is 0 Å². The van der Waals surface area contributed by atoms with Crippen molar-refractivity contribution in [1.82, 2.24) is 4.90 Å². The van der Waals surface area contributed by atoms with E-state index in [1.165, 1.54) is 5.56 Å². The molecule has 0 bridgehead atoms. The number of hydrogen-bond acceptors (Lipinski definition) is 3. The number of methoxy groups -OCH3 is 1. The summed E-state index contributed by atoms with van der Waals surface area (Å²) < 4.78 is 5.26. The van der Waals surface area contributed by atoms with Crippen LogP contribution in [0, 0.1) is 0 Å². The van der Waals surface area contributed by atoms with Gasteiger partial charge in [0, 0.05) is 19.5 Å². The van der Waals surface area contributed by atoms with Crippen LogP contribution in [-0.4, -0.2) is 31.0 Å². The number of carbonyl (C=O) groups excluding carboxylic acids is 1. The molecule has 2 N–H and O–H groups in total. The van der Waals surface area contributed by atoms with Gasteiger partial charge in [-0.3, -0.25) is 4.79 Å². The summed E-state index contributed by atoms with van der Waals surface area (Å²) >= 11 is 0. The maximum atomic E-state index is 11.6. The second kappa shape index (κ2) is 8.55. The minimum absolute atomic E-state index is 0.258. The summed E-state index contributed by atoms with van der Waals surface area (Å²) in [5, 5.41) is 0. The van der Waals surface area contributed by atoms with Gasteiger partial charge < -0.3 is 15.4 Å². The van der Waals surface area contributed by atoms with Crippen LogP contribution in [0.3, 0.4) is 0 Å². The van der Waals surface area contributed by atoms with E-state index >= 15 is 0 Å². The fraction of sp³-hybridized carbons (Fsp3) is 0.588. The van der Waals surface area contributed by atoms with Crippen LogP contribution >= 0.6 is 0 Å². The molecule has 0 atom stereocenters.